The Labute approximate surface area is 147 Å². The molecular formula is C20H33N3O. The van der Waals surface area contributed by atoms with Crippen LogP contribution < -0.4 is 5.32 Å². The van der Waals surface area contributed by atoms with Gasteiger partial charge in [0.05, 0.1) is 6.54 Å². The number of hydrogen-bond acceptors (Lipinski definition) is 3. The van der Waals surface area contributed by atoms with Gasteiger partial charge in [0.1, 0.15) is 0 Å². The third-order valence-electron chi connectivity index (χ3n) is 4.90. The second-order valence-electron chi connectivity index (χ2n) is 7.33. The summed E-state index contributed by atoms with van der Waals surface area (Å²) in [6.45, 7) is 14.1. The van der Waals surface area contributed by atoms with Crippen LogP contribution in [-0.2, 0) is 11.3 Å². The molecule has 2 rings (SSSR count). The van der Waals surface area contributed by atoms with Crippen molar-refractivity contribution in [1.82, 2.24) is 15.1 Å². The standard InChI is InChI=1S/C20H33N3O/c1-5-17(4)21-20(24)15-23-12-10-22(11-13-23)14-18-6-8-19(9-7-18)16(2)3/h6-9,16-17H,5,10-15H2,1-4H3,(H,21,24)/t17-/m1/s1. The van der Waals surface area contributed by atoms with Gasteiger partial charge < -0.3 is 5.32 Å². The lowest BCUT2D eigenvalue weighted by Crippen LogP contribution is -2.49. The zero-order valence-corrected chi connectivity index (χ0v) is 15.7. The molecule has 1 aromatic carbocycles. The monoisotopic (exact) mass is 331 g/mol. The molecule has 1 atom stereocenters. The molecule has 134 valence electrons. The summed E-state index contributed by atoms with van der Waals surface area (Å²) < 4.78 is 0. The first-order chi connectivity index (χ1) is 11.5. The number of rotatable bonds is 7. The Morgan fingerprint density at radius 2 is 1.62 bits per heavy atom. The fourth-order valence-corrected chi connectivity index (χ4v) is 3.00. The van der Waals surface area contributed by atoms with Crippen molar-refractivity contribution in [3.05, 3.63) is 35.4 Å². The molecule has 1 saturated heterocycles. The molecule has 1 N–H and O–H groups in total. The van der Waals surface area contributed by atoms with Crippen LogP contribution in [0.5, 0.6) is 0 Å². The van der Waals surface area contributed by atoms with E-state index in [1.807, 2.05) is 0 Å². The van der Waals surface area contributed by atoms with Crippen LogP contribution in [-0.4, -0.2) is 54.5 Å². The minimum Gasteiger partial charge on any atom is -0.353 e. The summed E-state index contributed by atoms with van der Waals surface area (Å²) in [7, 11) is 0. The molecule has 1 aliphatic heterocycles. The number of piperazine rings is 1. The molecule has 0 unspecified atom stereocenters. The molecule has 1 aliphatic rings. The van der Waals surface area contributed by atoms with Gasteiger partial charge in [-0.1, -0.05) is 45.0 Å². The molecule has 0 aromatic heterocycles. The lowest BCUT2D eigenvalue weighted by molar-refractivity contribution is -0.123. The van der Waals surface area contributed by atoms with Crippen LogP contribution in [0.4, 0.5) is 0 Å². The van der Waals surface area contributed by atoms with Gasteiger partial charge in [0.15, 0.2) is 0 Å². The van der Waals surface area contributed by atoms with Crippen LogP contribution in [0.15, 0.2) is 24.3 Å². The zero-order chi connectivity index (χ0) is 17.5. The fraction of sp³-hybridized carbons (Fsp3) is 0.650. The summed E-state index contributed by atoms with van der Waals surface area (Å²) in [5.41, 5.74) is 2.78. The molecular weight excluding hydrogens is 298 g/mol. The highest BCUT2D eigenvalue weighted by atomic mass is 16.2. The van der Waals surface area contributed by atoms with Crippen LogP contribution in [0.3, 0.4) is 0 Å². The number of carbonyl (C=O) groups excluding carboxylic acids is 1. The van der Waals surface area contributed by atoms with E-state index in [9.17, 15) is 4.79 Å². The maximum atomic E-state index is 12.0. The summed E-state index contributed by atoms with van der Waals surface area (Å²) in [6.07, 6.45) is 0.981. The summed E-state index contributed by atoms with van der Waals surface area (Å²) in [4.78, 5) is 16.7. The molecule has 0 aliphatic carbocycles. The SMILES string of the molecule is CC[C@@H](C)NC(=O)CN1CCN(Cc2ccc(C(C)C)cc2)CC1. The van der Waals surface area contributed by atoms with E-state index in [0.717, 1.165) is 39.1 Å². The Hall–Kier alpha value is -1.39. The molecule has 1 heterocycles. The van der Waals surface area contributed by atoms with E-state index in [1.165, 1.54) is 11.1 Å². The van der Waals surface area contributed by atoms with E-state index in [-0.39, 0.29) is 11.9 Å². The van der Waals surface area contributed by atoms with Crippen molar-refractivity contribution < 1.29 is 4.79 Å². The van der Waals surface area contributed by atoms with Gasteiger partial charge in [-0.15, -0.1) is 0 Å². The van der Waals surface area contributed by atoms with E-state index in [0.29, 0.717) is 12.5 Å². The zero-order valence-electron chi connectivity index (χ0n) is 15.7. The lowest BCUT2D eigenvalue weighted by Gasteiger charge is -2.34. The van der Waals surface area contributed by atoms with Gasteiger partial charge in [-0.25, -0.2) is 0 Å². The fourth-order valence-electron chi connectivity index (χ4n) is 3.00. The van der Waals surface area contributed by atoms with Crippen molar-refractivity contribution in [1.29, 1.82) is 0 Å². The second-order valence-corrected chi connectivity index (χ2v) is 7.33. The Morgan fingerprint density at radius 3 is 2.17 bits per heavy atom. The number of nitrogens with one attached hydrogen (secondary N) is 1. The maximum absolute atomic E-state index is 12.0. The summed E-state index contributed by atoms with van der Waals surface area (Å²) in [6, 6.07) is 9.26. The number of carbonyl (C=O) groups is 1. The van der Waals surface area contributed by atoms with Crippen LogP contribution in [0.1, 0.15) is 51.2 Å². The molecule has 1 aromatic rings. The van der Waals surface area contributed by atoms with Gasteiger partial charge in [-0.3, -0.25) is 14.6 Å². The van der Waals surface area contributed by atoms with Gasteiger partial charge in [0, 0.05) is 38.8 Å². The first-order valence-electron chi connectivity index (χ1n) is 9.30. The topological polar surface area (TPSA) is 35.6 Å². The predicted molar refractivity (Wildman–Crippen MR) is 100 cm³/mol. The largest absolute Gasteiger partial charge is 0.353 e. The third-order valence-corrected chi connectivity index (χ3v) is 4.90. The first kappa shape index (κ1) is 18.9. The highest BCUT2D eigenvalue weighted by molar-refractivity contribution is 5.78. The number of benzene rings is 1. The van der Waals surface area contributed by atoms with Gasteiger partial charge >= 0.3 is 0 Å². The van der Waals surface area contributed by atoms with Crippen molar-refractivity contribution in [3.8, 4) is 0 Å². The van der Waals surface area contributed by atoms with E-state index >= 15 is 0 Å². The molecule has 4 nitrogen and oxygen atoms in total. The Kier molecular flexibility index (Phi) is 7.25. The Bertz CT molecular complexity index is 504. The molecule has 4 heteroatoms. The molecule has 0 spiro atoms. The summed E-state index contributed by atoms with van der Waals surface area (Å²) in [5, 5.41) is 3.05. The second kappa shape index (κ2) is 9.19. The van der Waals surface area contributed by atoms with Gasteiger partial charge in [-0.05, 0) is 30.4 Å². The van der Waals surface area contributed by atoms with Crippen molar-refractivity contribution in [2.45, 2.75) is 52.6 Å². The van der Waals surface area contributed by atoms with Crippen LogP contribution in [0, 0.1) is 0 Å². The quantitative estimate of drug-likeness (QED) is 0.834. The summed E-state index contributed by atoms with van der Waals surface area (Å²) in [5.74, 6) is 0.742. The van der Waals surface area contributed by atoms with Crippen molar-refractivity contribution >= 4 is 5.91 Å². The van der Waals surface area contributed by atoms with Gasteiger partial charge in [-0.2, -0.15) is 0 Å². The average Bonchev–Trinajstić information content (AvgIpc) is 2.57. The molecule has 1 fully saturated rings. The normalized spacial score (nSPS) is 17.9. The van der Waals surface area contributed by atoms with Crippen LogP contribution in [0.25, 0.3) is 0 Å². The van der Waals surface area contributed by atoms with Crippen molar-refractivity contribution in [2.24, 2.45) is 0 Å². The summed E-state index contributed by atoms with van der Waals surface area (Å²) >= 11 is 0. The molecule has 0 saturated carbocycles. The predicted octanol–water partition coefficient (Wildman–Crippen LogP) is 2.84. The highest BCUT2D eigenvalue weighted by Crippen LogP contribution is 2.16. The molecule has 0 bridgehead atoms. The van der Waals surface area contributed by atoms with E-state index in [4.69, 9.17) is 0 Å². The lowest BCUT2D eigenvalue weighted by atomic mass is 10.0. The minimum atomic E-state index is 0.155. The van der Waals surface area contributed by atoms with Gasteiger partial charge in [0.25, 0.3) is 0 Å². The molecule has 24 heavy (non-hydrogen) atoms. The number of amides is 1. The average molecular weight is 332 g/mol. The smallest absolute Gasteiger partial charge is 0.234 e. The van der Waals surface area contributed by atoms with E-state index < -0.39 is 0 Å². The van der Waals surface area contributed by atoms with E-state index in [2.05, 4.69) is 67.1 Å². The first-order valence-corrected chi connectivity index (χ1v) is 9.30. The van der Waals surface area contributed by atoms with Crippen LogP contribution in [0.2, 0.25) is 0 Å². The van der Waals surface area contributed by atoms with Crippen molar-refractivity contribution in [2.75, 3.05) is 32.7 Å². The minimum absolute atomic E-state index is 0.155. The Morgan fingerprint density at radius 1 is 1.04 bits per heavy atom. The number of nitrogens with zero attached hydrogens (tertiary/aromatic N) is 2. The number of hydrogen-bond donors (Lipinski definition) is 1. The van der Waals surface area contributed by atoms with Crippen molar-refractivity contribution in [3.63, 3.8) is 0 Å². The molecule has 0 radical (unpaired) electrons. The van der Waals surface area contributed by atoms with E-state index in [1.54, 1.807) is 0 Å². The maximum Gasteiger partial charge on any atom is 0.234 e. The highest BCUT2D eigenvalue weighted by Gasteiger charge is 2.19. The van der Waals surface area contributed by atoms with Gasteiger partial charge in [0.2, 0.25) is 5.91 Å². The van der Waals surface area contributed by atoms with Crippen LogP contribution >= 0.6 is 0 Å². The third kappa shape index (κ3) is 5.91. The Balaban J connectivity index is 1.73. The molecule has 1 amide bonds.